The normalized spacial score (nSPS) is 27.8. The van der Waals surface area contributed by atoms with Gasteiger partial charge in [-0.1, -0.05) is 18.2 Å². The Labute approximate surface area is 200 Å². The zero-order valence-electron chi connectivity index (χ0n) is 20.9. The molecule has 0 spiro atoms. The van der Waals surface area contributed by atoms with E-state index < -0.39 is 34.5 Å². The number of fused-ring (bicyclic) bond motifs is 4. The van der Waals surface area contributed by atoms with Crippen molar-refractivity contribution in [1.82, 2.24) is 9.88 Å². The molecule has 7 heteroatoms. The fourth-order valence-corrected chi connectivity index (χ4v) is 6.16. The number of rotatable bonds is 2. The van der Waals surface area contributed by atoms with E-state index in [1.54, 1.807) is 41.5 Å². The van der Waals surface area contributed by atoms with Gasteiger partial charge in [-0.15, -0.1) is 0 Å². The number of hydrogen-bond acceptors (Lipinski definition) is 6. The molecule has 2 fully saturated rings. The molecule has 182 valence electrons. The lowest BCUT2D eigenvalue weighted by molar-refractivity contribution is -0.183. The number of para-hydroxylation sites is 1. The lowest BCUT2D eigenvalue weighted by atomic mass is 9.67. The molecule has 34 heavy (non-hydrogen) atoms. The maximum atomic E-state index is 14.2. The molecule has 7 nitrogen and oxygen atoms in total. The molecule has 1 aromatic heterocycles. The number of benzene rings is 1. The summed E-state index contributed by atoms with van der Waals surface area (Å²) in [4.78, 5) is 48.2. The van der Waals surface area contributed by atoms with Gasteiger partial charge in [0.1, 0.15) is 17.0 Å². The number of aromatic amines is 1. The molecular weight excluding hydrogens is 432 g/mol. The average molecular weight is 467 g/mol. The Hall–Kier alpha value is -2.67. The predicted octanol–water partition coefficient (Wildman–Crippen LogP) is 4.05. The van der Waals surface area contributed by atoms with Crippen molar-refractivity contribution in [2.75, 3.05) is 13.1 Å². The Balaban J connectivity index is 1.87. The Kier molecular flexibility index (Phi) is 5.03. The maximum absolute atomic E-state index is 14.2. The van der Waals surface area contributed by atoms with Crippen LogP contribution in [0.15, 0.2) is 24.3 Å². The van der Waals surface area contributed by atoms with Crippen LogP contribution in [-0.2, 0) is 29.3 Å². The number of nitrogens with zero attached hydrogens (tertiary/aromatic N) is 1. The molecule has 3 aliphatic rings. The number of carbonyl (C=O) groups is 3. The quantitative estimate of drug-likeness (QED) is 0.531. The molecule has 0 radical (unpaired) electrons. The second-order valence-corrected chi connectivity index (χ2v) is 11.9. The van der Waals surface area contributed by atoms with Crippen molar-refractivity contribution in [2.45, 2.75) is 77.0 Å². The Morgan fingerprint density at radius 3 is 2.18 bits per heavy atom. The highest BCUT2D eigenvalue weighted by atomic mass is 16.6. The summed E-state index contributed by atoms with van der Waals surface area (Å²) in [5.74, 6) is -2.58. The molecule has 2 aromatic rings. The third-order valence-corrected chi connectivity index (χ3v) is 7.32. The van der Waals surface area contributed by atoms with Gasteiger partial charge in [-0.3, -0.25) is 19.3 Å². The van der Waals surface area contributed by atoms with Crippen molar-refractivity contribution in [3.05, 3.63) is 35.5 Å². The van der Waals surface area contributed by atoms with Crippen molar-refractivity contribution in [3.63, 3.8) is 0 Å². The van der Waals surface area contributed by atoms with Gasteiger partial charge in [-0.25, -0.2) is 0 Å². The molecule has 2 aliphatic heterocycles. The zero-order chi connectivity index (χ0) is 24.6. The number of ether oxygens (including phenoxy) is 2. The van der Waals surface area contributed by atoms with E-state index in [0.29, 0.717) is 18.7 Å². The van der Waals surface area contributed by atoms with Gasteiger partial charge in [-0.2, -0.15) is 0 Å². The summed E-state index contributed by atoms with van der Waals surface area (Å²) < 4.78 is 11.8. The third-order valence-electron chi connectivity index (χ3n) is 7.32. The topological polar surface area (TPSA) is 88.7 Å². The van der Waals surface area contributed by atoms with E-state index in [0.717, 1.165) is 29.4 Å². The first-order chi connectivity index (χ1) is 15.8. The molecule has 1 N–H and O–H groups in total. The molecule has 3 heterocycles. The maximum Gasteiger partial charge on any atom is 0.330 e. The summed E-state index contributed by atoms with van der Waals surface area (Å²) in [5, 5.41) is 0.936. The molecule has 2 saturated heterocycles. The van der Waals surface area contributed by atoms with E-state index in [1.807, 2.05) is 24.3 Å². The van der Waals surface area contributed by atoms with Crippen LogP contribution in [0.2, 0.25) is 0 Å². The van der Waals surface area contributed by atoms with Gasteiger partial charge in [0.15, 0.2) is 0 Å². The Morgan fingerprint density at radius 2 is 1.56 bits per heavy atom. The van der Waals surface area contributed by atoms with Crippen LogP contribution in [0.5, 0.6) is 0 Å². The fraction of sp³-hybridized carbons (Fsp3) is 0.593. The first-order valence-electron chi connectivity index (χ1n) is 12.2. The fourth-order valence-electron chi connectivity index (χ4n) is 6.16. The number of carbonyl (C=O) groups excluding carboxylic acids is 3. The van der Waals surface area contributed by atoms with E-state index in [9.17, 15) is 14.4 Å². The molecule has 4 bridgehead atoms. The van der Waals surface area contributed by atoms with Crippen LogP contribution in [0.3, 0.4) is 0 Å². The number of esters is 2. The van der Waals surface area contributed by atoms with Crippen LogP contribution in [0.4, 0.5) is 0 Å². The van der Waals surface area contributed by atoms with Gasteiger partial charge in [0.2, 0.25) is 5.41 Å². The van der Waals surface area contributed by atoms with Gasteiger partial charge in [-0.05, 0) is 73.5 Å². The van der Waals surface area contributed by atoms with Crippen LogP contribution in [0.1, 0.15) is 71.7 Å². The summed E-state index contributed by atoms with van der Waals surface area (Å²) in [7, 11) is 0. The molecule has 1 aliphatic carbocycles. The number of ketones is 1. The van der Waals surface area contributed by atoms with Gasteiger partial charge in [0.25, 0.3) is 0 Å². The molecule has 1 aromatic carbocycles. The predicted molar refractivity (Wildman–Crippen MR) is 127 cm³/mol. The van der Waals surface area contributed by atoms with Gasteiger partial charge in [0.05, 0.1) is 11.6 Å². The summed E-state index contributed by atoms with van der Waals surface area (Å²) in [5.41, 5.74) is -1.40. The minimum absolute atomic E-state index is 0.0320. The van der Waals surface area contributed by atoms with Crippen LogP contribution in [0.25, 0.3) is 10.9 Å². The lowest BCUT2D eigenvalue weighted by Gasteiger charge is -2.40. The Morgan fingerprint density at radius 1 is 0.971 bits per heavy atom. The van der Waals surface area contributed by atoms with Crippen LogP contribution >= 0.6 is 0 Å². The van der Waals surface area contributed by atoms with Crippen molar-refractivity contribution < 1.29 is 23.9 Å². The number of aromatic nitrogens is 1. The molecule has 5 rings (SSSR count). The number of hydrogen-bond donors (Lipinski definition) is 1. The molecular formula is C27H34N2O5. The number of nitrogens with one attached hydrogen (secondary N) is 1. The highest BCUT2D eigenvalue weighted by Gasteiger charge is 2.67. The zero-order valence-corrected chi connectivity index (χ0v) is 20.9. The summed E-state index contributed by atoms with van der Waals surface area (Å²) in [6, 6.07) is 7.65. The number of H-pyrrole nitrogens is 1. The van der Waals surface area contributed by atoms with Crippen LogP contribution in [-0.4, -0.2) is 51.9 Å². The highest BCUT2D eigenvalue weighted by Crippen LogP contribution is 2.56. The van der Waals surface area contributed by atoms with Gasteiger partial charge < -0.3 is 14.5 Å². The monoisotopic (exact) mass is 466 g/mol. The second kappa shape index (κ2) is 7.41. The van der Waals surface area contributed by atoms with Crippen molar-refractivity contribution >= 4 is 28.6 Å². The first-order valence-corrected chi connectivity index (χ1v) is 12.2. The smallest absolute Gasteiger partial charge is 0.330 e. The molecule has 0 amide bonds. The lowest BCUT2D eigenvalue weighted by Crippen LogP contribution is -2.57. The third kappa shape index (κ3) is 3.31. The van der Waals surface area contributed by atoms with E-state index in [4.69, 9.17) is 9.47 Å². The van der Waals surface area contributed by atoms with E-state index in [2.05, 4.69) is 9.88 Å². The van der Waals surface area contributed by atoms with Gasteiger partial charge >= 0.3 is 11.9 Å². The molecule has 4 atom stereocenters. The van der Waals surface area contributed by atoms with Crippen LogP contribution in [0, 0.1) is 11.8 Å². The van der Waals surface area contributed by atoms with Crippen LogP contribution < -0.4 is 0 Å². The van der Waals surface area contributed by atoms with Gasteiger partial charge in [0, 0.05) is 28.4 Å². The SMILES string of the molecule is CC(C)(C)OC(=O)C1(C(=O)OC(C)(C)C)c2[nH]c3ccccc3c2[C@H]2[C@@H]3CCN2CC[C@H]1C3=O. The Bertz CT molecular complexity index is 1150. The number of Topliss-reactive ketones (excluding diaryl/α,β-unsaturated/α-hetero) is 1. The van der Waals surface area contributed by atoms with Crippen molar-refractivity contribution in [2.24, 2.45) is 11.8 Å². The molecule has 0 saturated carbocycles. The summed E-state index contributed by atoms with van der Waals surface area (Å²) >= 11 is 0. The molecule has 1 unspecified atom stereocenters. The largest absolute Gasteiger partial charge is 0.459 e. The van der Waals surface area contributed by atoms with E-state index in [-0.39, 0.29) is 17.7 Å². The van der Waals surface area contributed by atoms with Crippen molar-refractivity contribution in [3.8, 4) is 0 Å². The second-order valence-electron chi connectivity index (χ2n) is 11.9. The summed E-state index contributed by atoms with van der Waals surface area (Å²) in [6.45, 7) is 12.1. The minimum Gasteiger partial charge on any atom is -0.459 e. The van der Waals surface area contributed by atoms with E-state index >= 15 is 0 Å². The van der Waals surface area contributed by atoms with Crippen molar-refractivity contribution in [1.29, 1.82) is 0 Å². The average Bonchev–Trinajstić information content (AvgIpc) is 3.21. The summed E-state index contributed by atoms with van der Waals surface area (Å²) in [6.07, 6.45) is 1.12. The first kappa shape index (κ1) is 23.1. The highest BCUT2D eigenvalue weighted by molar-refractivity contribution is 6.13. The standard InChI is InChI=1S/C27H34N2O5/c1-25(2,3)33-23(31)27(24(32)34-26(4,5)6)17-12-14-29-13-11-16(21(17)30)20(29)19-15-9-7-8-10-18(15)28-22(19)27/h7-10,16-17,20,28H,11-14H2,1-6H3/t16-,17-,20+/m0/s1. The minimum atomic E-state index is -1.89. The van der Waals surface area contributed by atoms with E-state index in [1.165, 1.54) is 0 Å².